The van der Waals surface area contributed by atoms with Crippen LogP contribution >= 0.6 is 11.3 Å². The molecular weight excluding hydrogens is 490 g/mol. The quantitative estimate of drug-likeness (QED) is 0.384. The van der Waals surface area contributed by atoms with E-state index >= 15 is 0 Å². The van der Waals surface area contributed by atoms with E-state index in [4.69, 9.17) is 10.7 Å². The molecule has 2 saturated heterocycles. The number of aliphatic hydroxyl groups excluding tert-OH is 1. The number of hydrogen-bond acceptors (Lipinski definition) is 9. The minimum absolute atomic E-state index is 0.0110. The highest BCUT2D eigenvalue weighted by Gasteiger charge is 2.45. The molecule has 0 aliphatic carbocycles. The maximum Gasteiger partial charge on any atom is 0.251 e. The second kappa shape index (κ2) is 9.00. The van der Waals surface area contributed by atoms with Gasteiger partial charge in [-0.05, 0) is 45.6 Å². The van der Waals surface area contributed by atoms with E-state index in [2.05, 4.69) is 15.1 Å². The Hall–Kier alpha value is -3.70. The van der Waals surface area contributed by atoms with Crippen LogP contribution in [0, 0.1) is 0 Å². The van der Waals surface area contributed by atoms with E-state index in [0.717, 1.165) is 34.7 Å². The first-order valence-electron chi connectivity index (χ1n) is 12.4. The number of Topliss-reactive ketones (excluding diaryl/α,β-unsaturated/α-hetero) is 1. The molecule has 4 aromatic heterocycles. The molecule has 2 aliphatic rings. The van der Waals surface area contributed by atoms with E-state index in [0.29, 0.717) is 29.7 Å². The van der Waals surface area contributed by atoms with Crippen molar-refractivity contribution in [2.75, 3.05) is 5.73 Å². The Morgan fingerprint density at radius 1 is 1.16 bits per heavy atom. The van der Waals surface area contributed by atoms with Gasteiger partial charge in [0, 0.05) is 46.9 Å². The highest BCUT2D eigenvalue weighted by atomic mass is 32.1. The van der Waals surface area contributed by atoms with Crippen LogP contribution in [0.2, 0.25) is 0 Å². The van der Waals surface area contributed by atoms with E-state index in [9.17, 15) is 14.7 Å². The van der Waals surface area contributed by atoms with Crippen molar-refractivity contribution in [3.05, 3.63) is 47.4 Å². The predicted molar refractivity (Wildman–Crippen MR) is 139 cm³/mol. The third-order valence-electron chi connectivity index (χ3n) is 7.52. The second-order valence-corrected chi connectivity index (χ2v) is 10.7. The van der Waals surface area contributed by atoms with Gasteiger partial charge in [-0.1, -0.05) is 6.07 Å². The molecule has 0 spiro atoms. The van der Waals surface area contributed by atoms with Crippen molar-refractivity contribution >= 4 is 34.5 Å². The molecule has 4 aromatic rings. The molecule has 10 nitrogen and oxygen atoms in total. The van der Waals surface area contributed by atoms with Gasteiger partial charge in [0.2, 0.25) is 0 Å². The molecule has 0 saturated carbocycles. The SMILES string of the molecule is CC(=O)c1c([C@H]2C[C@H]3CC[C@@H](C2)N3C(=O)[C@@H](C)O)nc2c(-c3ccc(-c4nccs4)nc3)cnn2c1N. The Morgan fingerprint density at radius 2 is 1.92 bits per heavy atom. The van der Waals surface area contributed by atoms with Gasteiger partial charge in [0.25, 0.3) is 5.91 Å². The zero-order chi connectivity index (χ0) is 25.8. The minimum atomic E-state index is -1.03. The Morgan fingerprint density at radius 3 is 2.51 bits per heavy atom. The number of piperidine rings is 1. The number of carbonyl (C=O) groups excluding carboxylic acids is 2. The molecule has 37 heavy (non-hydrogen) atoms. The number of nitrogen functional groups attached to an aromatic ring is 1. The van der Waals surface area contributed by atoms with Crippen LogP contribution in [0.25, 0.3) is 27.5 Å². The molecule has 190 valence electrons. The standard InChI is InChI=1S/C26H27N7O3S/c1-13(34)21-22(16-9-17-4-5-18(10-16)32(17)26(36)14(2)35)31-24-19(12-30-33(24)23(21)27)15-3-6-20(29-11-15)25-28-7-8-37-25/h3,6-8,11-12,14,16-18,35H,4-5,9-10,27H2,1-2H3/t14-,16-,17+,18-/m1/s1. The normalized spacial score (nSPS) is 21.9. The van der Waals surface area contributed by atoms with Gasteiger partial charge in [-0.25, -0.2) is 9.97 Å². The lowest BCUT2D eigenvalue weighted by Crippen LogP contribution is -2.49. The maximum absolute atomic E-state index is 12.8. The number of thiazole rings is 1. The van der Waals surface area contributed by atoms with Crippen LogP contribution in [0.3, 0.4) is 0 Å². The number of ketones is 1. The topological polar surface area (TPSA) is 140 Å². The van der Waals surface area contributed by atoms with Gasteiger partial charge in [0.15, 0.2) is 11.4 Å². The van der Waals surface area contributed by atoms with E-state index < -0.39 is 6.10 Å². The molecule has 0 unspecified atom stereocenters. The second-order valence-electron chi connectivity index (χ2n) is 9.85. The number of aromatic nitrogens is 5. The summed E-state index contributed by atoms with van der Waals surface area (Å²) < 4.78 is 1.52. The average molecular weight is 518 g/mol. The number of amides is 1. The summed E-state index contributed by atoms with van der Waals surface area (Å²) in [6.45, 7) is 3.01. The monoisotopic (exact) mass is 517 g/mol. The van der Waals surface area contributed by atoms with Gasteiger partial charge in [-0.15, -0.1) is 11.3 Å². The first-order chi connectivity index (χ1) is 17.8. The predicted octanol–water partition coefficient (Wildman–Crippen LogP) is 3.32. The lowest BCUT2D eigenvalue weighted by molar-refractivity contribution is -0.144. The lowest BCUT2D eigenvalue weighted by atomic mass is 9.85. The summed E-state index contributed by atoms with van der Waals surface area (Å²) in [6.07, 6.45) is 7.28. The van der Waals surface area contributed by atoms with E-state index in [1.54, 1.807) is 18.6 Å². The van der Waals surface area contributed by atoms with Gasteiger partial charge < -0.3 is 15.7 Å². The van der Waals surface area contributed by atoms with Crippen molar-refractivity contribution in [1.82, 2.24) is 29.5 Å². The van der Waals surface area contributed by atoms with Crippen molar-refractivity contribution in [2.45, 2.75) is 63.6 Å². The molecule has 2 bridgehead atoms. The zero-order valence-electron chi connectivity index (χ0n) is 20.5. The average Bonchev–Trinajstić information content (AvgIpc) is 3.62. The number of nitrogens with two attached hydrogens (primary N) is 1. The Balaban J connectivity index is 1.41. The van der Waals surface area contributed by atoms with E-state index in [1.807, 2.05) is 22.4 Å². The number of pyridine rings is 1. The maximum atomic E-state index is 12.8. The Kier molecular flexibility index (Phi) is 5.76. The molecular formula is C26H27N7O3S. The Labute approximate surface area is 217 Å². The number of hydrogen-bond donors (Lipinski definition) is 2. The molecule has 6 heterocycles. The molecule has 2 aliphatic heterocycles. The molecule has 4 atom stereocenters. The first kappa shape index (κ1) is 23.7. The van der Waals surface area contributed by atoms with Crippen molar-refractivity contribution in [2.24, 2.45) is 0 Å². The zero-order valence-corrected chi connectivity index (χ0v) is 21.4. The van der Waals surface area contributed by atoms with E-state index in [1.165, 1.54) is 29.7 Å². The molecule has 0 aromatic carbocycles. The number of nitrogens with zero attached hydrogens (tertiary/aromatic N) is 6. The number of aliphatic hydroxyl groups is 1. The highest BCUT2D eigenvalue weighted by Crippen LogP contribution is 2.44. The summed E-state index contributed by atoms with van der Waals surface area (Å²) in [5.41, 5.74) is 10.5. The number of fused-ring (bicyclic) bond motifs is 3. The summed E-state index contributed by atoms with van der Waals surface area (Å²) in [6, 6.07) is 3.89. The smallest absolute Gasteiger partial charge is 0.251 e. The minimum Gasteiger partial charge on any atom is -0.384 e. The van der Waals surface area contributed by atoms with Crippen LogP contribution < -0.4 is 5.73 Å². The van der Waals surface area contributed by atoms with Crippen molar-refractivity contribution in [3.8, 4) is 21.8 Å². The summed E-state index contributed by atoms with van der Waals surface area (Å²) in [7, 11) is 0. The van der Waals surface area contributed by atoms with Crippen LogP contribution in [0.1, 0.15) is 61.5 Å². The molecule has 1 amide bonds. The third kappa shape index (κ3) is 3.89. The molecule has 6 rings (SSSR count). The van der Waals surface area contributed by atoms with Crippen molar-refractivity contribution in [1.29, 1.82) is 0 Å². The van der Waals surface area contributed by atoms with Gasteiger partial charge in [0.05, 0.1) is 23.1 Å². The summed E-state index contributed by atoms with van der Waals surface area (Å²) >= 11 is 1.53. The molecule has 0 radical (unpaired) electrons. The summed E-state index contributed by atoms with van der Waals surface area (Å²) in [4.78, 5) is 41.1. The van der Waals surface area contributed by atoms with Crippen LogP contribution in [0.5, 0.6) is 0 Å². The van der Waals surface area contributed by atoms with Gasteiger partial charge in [-0.3, -0.25) is 14.6 Å². The fourth-order valence-corrected chi connectivity index (χ4v) is 6.51. The van der Waals surface area contributed by atoms with E-state index in [-0.39, 0.29) is 35.5 Å². The molecule has 3 N–H and O–H groups in total. The summed E-state index contributed by atoms with van der Waals surface area (Å²) in [5.74, 6) is -0.161. The third-order valence-corrected chi connectivity index (χ3v) is 8.32. The molecule has 2 fully saturated rings. The highest BCUT2D eigenvalue weighted by molar-refractivity contribution is 7.13. The van der Waals surface area contributed by atoms with Crippen LogP contribution in [-0.4, -0.2) is 64.5 Å². The number of carbonyl (C=O) groups is 2. The molecule has 11 heteroatoms. The fourth-order valence-electron chi connectivity index (χ4n) is 5.90. The van der Waals surface area contributed by atoms with Crippen molar-refractivity contribution in [3.63, 3.8) is 0 Å². The first-order valence-corrected chi connectivity index (χ1v) is 13.3. The summed E-state index contributed by atoms with van der Waals surface area (Å²) in [5, 5.41) is 17.1. The van der Waals surface area contributed by atoms with Crippen LogP contribution in [-0.2, 0) is 4.79 Å². The largest absolute Gasteiger partial charge is 0.384 e. The van der Waals surface area contributed by atoms with Gasteiger partial charge in [0.1, 0.15) is 16.9 Å². The number of anilines is 1. The van der Waals surface area contributed by atoms with Gasteiger partial charge >= 0.3 is 0 Å². The van der Waals surface area contributed by atoms with Crippen molar-refractivity contribution < 1.29 is 14.7 Å². The van der Waals surface area contributed by atoms with Crippen LogP contribution in [0.15, 0.2) is 36.1 Å². The van der Waals surface area contributed by atoms with Gasteiger partial charge in [-0.2, -0.15) is 9.61 Å². The fraction of sp³-hybridized carbons (Fsp3) is 0.385. The Bertz CT molecular complexity index is 1480. The number of rotatable bonds is 5. The lowest BCUT2D eigenvalue weighted by Gasteiger charge is -2.39. The van der Waals surface area contributed by atoms with Crippen LogP contribution in [0.4, 0.5) is 5.82 Å².